The van der Waals surface area contributed by atoms with Crippen LogP contribution in [0.15, 0.2) is 84.9 Å². The lowest BCUT2D eigenvalue weighted by atomic mass is 10.1. The van der Waals surface area contributed by atoms with Gasteiger partial charge in [-0.1, -0.05) is 42.5 Å². The highest BCUT2D eigenvalue weighted by Crippen LogP contribution is 2.16. The fraction of sp³-hybridized carbons (Fsp3) is 0.179. The molecule has 0 aromatic heterocycles. The summed E-state index contributed by atoms with van der Waals surface area (Å²) in [6.45, 7) is 4.03. The van der Waals surface area contributed by atoms with E-state index in [0.717, 1.165) is 38.3 Å². The van der Waals surface area contributed by atoms with E-state index in [2.05, 4.69) is 22.9 Å². The SMILES string of the molecule is N=C(N)c1ccc(OC(=O)c2ccc(C=CC(=O)N[N+]3(Cc4ccccc4)CCNCC3)cc2)cc1. The molecular formula is C28H30N5O3+. The predicted octanol–water partition coefficient (Wildman–Crippen LogP) is 2.85. The molecule has 36 heavy (non-hydrogen) atoms. The smallest absolute Gasteiger partial charge is 0.343 e. The standard InChI is InChI=1S/C28H29N5O3/c29-27(30)23-11-13-25(14-12-23)36-28(35)24-9-6-21(7-10-24)8-15-26(34)32-33(18-16-31-17-19-33)20-22-4-2-1-3-5-22/h1-15,31H,16-20H2,(H3-,29,30,32,34)/p+1. The molecule has 0 atom stereocenters. The first-order chi connectivity index (χ1) is 17.4. The maximum absolute atomic E-state index is 12.8. The molecule has 4 rings (SSSR count). The Morgan fingerprint density at radius 2 is 1.58 bits per heavy atom. The Morgan fingerprint density at radius 1 is 0.944 bits per heavy atom. The molecule has 0 aliphatic carbocycles. The summed E-state index contributed by atoms with van der Waals surface area (Å²) in [4.78, 5) is 25.2. The minimum Gasteiger partial charge on any atom is -0.423 e. The molecule has 1 aliphatic heterocycles. The molecular weight excluding hydrogens is 454 g/mol. The molecule has 0 radical (unpaired) electrons. The fourth-order valence-electron chi connectivity index (χ4n) is 4.11. The maximum atomic E-state index is 12.8. The van der Waals surface area contributed by atoms with Gasteiger partial charge in [-0.15, -0.1) is 0 Å². The number of nitrogens with zero attached hydrogens (tertiary/aromatic N) is 1. The summed E-state index contributed by atoms with van der Waals surface area (Å²) in [5.74, 6) is -0.340. The number of amides is 1. The number of carbonyl (C=O) groups is 2. The molecule has 1 fully saturated rings. The van der Waals surface area contributed by atoms with Gasteiger partial charge in [0, 0.05) is 30.3 Å². The van der Waals surface area contributed by atoms with Gasteiger partial charge in [0.1, 0.15) is 31.2 Å². The number of carbonyl (C=O) groups excluding carboxylic acids is 2. The summed E-state index contributed by atoms with van der Waals surface area (Å²) in [6, 6.07) is 23.4. The molecule has 3 aromatic carbocycles. The minimum atomic E-state index is -0.495. The Labute approximate surface area is 210 Å². The van der Waals surface area contributed by atoms with E-state index in [1.54, 1.807) is 54.6 Å². The molecule has 0 bridgehead atoms. The van der Waals surface area contributed by atoms with Crippen molar-refractivity contribution in [1.82, 2.24) is 10.7 Å². The zero-order valence-electron chi connectivity index (χ0n) is 19.9. The lowest BCUT2D eigenvalue weighted by Gasteiger charge is -2.40. The molecule has 1 amide bonds. The van der Waals surface area contributed by atoms with E-state index in [1.807, 2.05) is 18.2 Å². The van der Waals surface area contributed by atoms with Crippen LogP contribution in [0.25, 0.3) is 6.08 Å². The highest BCUT2D eigenvalue weighted by molar-refractivity contribution is 5.95. The summed E-state index contributed by atoms with van der Waals surface area (Å²) in [7, 11) is 0. The second-order valence-corrected chi connectivity index (χ2v) is 8.75. The van der Waals surface area contributed by atoms with Crippen LogP contribution in [0.4, 0.5) is 0 Å². The molecule has 3 aromatic rings. The van der Waals surface area contributed by atoms with Crippen molar-refractivity contribution in [3.63, 3.8) is 0 Å². The monoisotopic (exact) mass is 484 g/mol. The largest absolute Gasteiger partial charge is 0.423 e. The summed E-state index contributed by atoms with van der Waals surface area (Å²) in [6.07, 6.45) is 3.25. The second-order valence-electron chi connectivity index (χ2n) is 8.75. The second kappa shape index (κ2) is 11.4. The van der Waals surface area contributed by atoms with E-state index in [-0.39, 0.29) is 11.7 Å². The van der Waals surface area contributed by atoms with Crippen LogP contribution in [0.3, 0.4) is 0 Å². The van der Waals surface area contributed by atoms with Crippen molar-refractivity contribution >= 4 is 23.8 Å². The van der Waals surface area contributed by atoms with E-state index in [4.69, 9.17) is 15.9 Å². The van der Waals surface area contributed by atoms with Crippen molar-refractivity contribution in [3.05, 3.63) is 107 Å². The normalized spacial score (nSPS) is 14.8. The Hall–Kier alpha value is -4.27. The topological polar surface area (TPSA) is 117 Å². The van der Waals surface area contributed by atoms with Crippen molar-refractivity contribution in [1.29, 1.82) is 5.41 Å². The van der Waals surface area contributed by atoms with Gasteiger partial charge in [0.25, 0.3) is 5.91 Å². The predicted molar refractivity (Wildman–Crippen MR) is 139 cm³/mol. The summed E-state index contributed by atoms with van der Waals surface area (Å²) in [5, 5.41) is 10.8. The van der Waals surface area contributed by atoms with Crippen molar-refractivity contribution in [2.24, 2.45) is 5.73 Å². The number of nitrogen functional groups attached to an aromatic ring is 1. The summed E-state index contributed by atoms with van der Waals surface area (Å²) < 4.78 is 5.88. The number of benzene rings is 3. The zero-order chi connectivity index (χ0) is 25.4. The number of esters is 1. The van der Waals surface area contributed by atoms with Gasteiger partial charge in [0.15, 0.2) is 0 Å². The van der Waals surface area contributed by atoms with Crippen LogP contribution in [0.5, 0.6) is 5.75 Å². The Kier molecular flexibility index (Phi) is 7.89. The Bertz CT molecular complexity index is 1230. The van der Waals surface area contributed by atoms with E-state index in [9.17, 15) is 9.59 Å². The van der Waals surface area contributed by atoms with Crippen LogP contribution in [0, 0.1) is 5.41 Å². The van der Waals surface area contributed by atoms with Crippen LogP contribution in [-0.2, 0) is 11.3 Å². The fourth-order valence-corrected chi connectivity index (χ4v) is 4.11. The van der Waals surface area contributed by atoms with Crippen LogP contribution in [0.1, 0.15) is 27.0 Å². The molecule has 8 heteroatoms. The van der Waals surface area contributed by atoms with Crippen LogP contribution >= 0.6 is 0 Å². The first kappa shape index (κ1) is 24.8. The summed E-state index contributed by atoms with van der Waals surface area (Å²) >= 11 is 0. The first-order valence-corrected chi connectivity index (χ1v) is 11.8. The van der Waals surface area contributed by atoms with Gasteiger partial charge in [0.05, 0.1) is 5.56 Å². The van der Waals surface area contributed by atoms with Crippen LogP contribution in [0.2, 0.25) is 0 Å². The third kappa shape index (κ3) is 6.65. The minimum absolute atomic E-state index is 0.0498. The van der Waals surface area contributed by atoms with Gasteiger partial charge in [-0.25, -0.2) is 9.39 Å². The summed E-state index contributed by atoms with van der Waals surface area (Å²) in [5.41, 5.74) is 11.6. The van der Waals surface area contributed by atoms with Gasteiger partial charge in [-0.3, -0.25) is 10.2 Å². The number of nitrogens with one attached hydrogen (secondary N) is 3. The van der Waals surface area contributed by atoms with Gasteiger partial charge in [-0.05, 0) is 48.0 Å². The molecule has 0 unspecified atom stereocenters. The Morgan fingerprint density at radius 3 is 2.22 bits per heavy atom. The molecule has 8 nitrogen and oxygen atoms in total. The lowest BCUT2D eigenvalue weighted by molar-refractivity contribution is -0.974. The van der Waals surface area contributed by atoms with E-state index >= 15 is 0 Å². The first-order valence-electron chi connectivity index (χ1n) is 11.8. The molecule has 184 valence electrons. The zero-order valence-corrected chi connectivity index (χ0v) is 19.9. The average molecular weight is 485 g/mol. The maximum Gasteiger partial charge on any atom is 0.343 e. The van der Waals surface area contributed by atoms with E-state index in [1.165, 1.54) is 11.6 Å². The number of amidine groups is 1. The van der Waals surface area contributed by atoms with Gasteiger partial charge < -0.3 is 15.8 Å². The van der Waals surface area contributed by atoms with Gasteiger partial charge in [-0.2, -0.15) is 5.43 Å². The molecule has 1 heterocycles. The lowest BCUT2D eigenvalue weighted by Crippen LogP contribution is -2.66. The highest BCUT2D eigenvalue weighted by atomic mass is 16.5. The number of quaternary nitrogens is 1. The number of hydrogen-bond donors (Lipinski definition) is 4. The molecule has 1 aliphatic rings. The highest BCUT2D eigenvalue weighted by Gasteiger charge is 2.32. The number of rotatable bonds is 8. The van der Waals surface area contributed by atoms with Crippen molar-refractivity contribution in [3.8, 4) is 5.75 Å². The number of ether oxygens (including phenoxy) is 1. The number of nitrogens with two attached hydrogens (primary N) is 1. The van der Waals surface area contributed by atoms with Gasteiger partial charge in [0.2, 0.25) is 0 Å². The number of hydrogen-bond acceptors (Lipinski definition) is 5. The van der Waals surface area contributed by atoms with E-state index in [0.29, 0.717) is 21.5 Å². The molecule has 0 saturated carbocycles. The third-order valence-corrected chi connectivity index (χ3v) is 6.06. The van der Waals surface area contributed by atoms with Crippen molar-refractivity contribution < 1.29 is 18.9 Å². The van der Waals surface area contributed by atoms with Crippen LogP contribution < -0.4 is 21.2 Å². The molecule has 1 saturated heterocycles. The molecule has 0 spiro atoms. The third-order valence-electron chi connectivity index (χ3n) is 6.06. The number of piperazine rings is 1. The van der Waals surface area contributed by atoms with Crippen molar-refractivity contribution in [2.75, 3.05) is 26.2 Å². The molecule has 5 N–H and O–H groups in total. The average Bonchev–Trinajstić information content (AvgIpc) is 2.89. The van der Waals surface area contributed by atoms with Crippen molar-refractivity contribution in [2.45, 2.75) is 6.54 Å². The van der Waals surface area contributed by atoms with Crippen LogP contribution in [-0.4, -0.2) is 48.5 Å². The Balaban J connectivity index is 1.35. The quantitative estimate of drug-likeness (QED) is 0.0980. The van der Waals surface area contributed by atoms with E-state index < -0.39 is 5.97 Å². The van der Waals surface area contributed by atoms with Gasteiger partial charge >= 0.3 is 5.97 Å².